The summed E-state index contributed by atoms with van der Waals surface area (Å²) < 4.78 is 0. The predicted octanol–water partition coefficient (Wildman–Crippen LogP) is 4.35. The number of fused-ring (bicyclic) bond motifs is 2. The Kier molecular flexibility index (Phi) is 3.82. The van der Waals surface area contributed by atoms with E-state index in [4.69, 9.17) is 0 Å². The van der Waals surface area contributed by atoms with Gasteiger partial charge in [0.25, 0.3) is 0 Å². The van der Waals surface area contributed by atoms with Crippen molar-refractivity contribution in [2.24, 2.45) is 29.6 Å². The van der Waals surface area contributed by atoms with Gasteiger partial charge in [-0.3, -0.25) is 0 Å². The van der Waals surface area contributed by atoms with Crippen LogP contribution in [0.2, 0.25) is 0 Å². The number of hydrogen-bond acceptors (Lipinski definition) is 0. The lowest BCUT2D eigenvalue weighted by Gasteiger charge is -2.51. The minimum atomic E-state index is 0.926. The van der Waals surface area contributed by atoms with Gasteiger partial charge in [-0.25, -0.2) is 0 Å². The first kappa shape index (κ1) is 11.1. The summed E-state index contributed by atoms with van der Waals surface area (Å²) in [5.74, 6) is 5.24. The fourth-order valence-electron chi connectivity index (χ4n) is 3.24. The average Bonchev–Trinajstić information content (AvgIpc) is 2.05. The molecule has 0 N–H and O–H groups in total. The molecular weight excluding hydrogens is 156 g/mol. The van der Waals surface area contributed by atoms with Crippen LogP contribution in [0.1, 0.15) is 53.9 Å². The van der Waals surface area contributed by atoms with E-state index in [-0.39, 0.29) is 0 Å². The van der Waals surface area contributed by atoms with Crippen LogP contribution in [0.5, 0.6) is 0 Å². The summed E-state index contributed by atoms with van der Waals surface area (Å²) in [6.07, 6.45) is 4.66. The van der Waals surface area contributed by atoms with Crippen molar-refractivity contribution in [2.75, 3.05) is 0 Å². The average molecular weight is 182 g/mol. The molecule has 0 heterocycles. The molecule has 3 fully saturated rings. The van der Waals surface area contributed by atoms with Gasteiger partial charge < -0.3 is 0 Å². The molecule has 0 aromatic heterocycles. The molecule has 2 atom stereocenters. The molecule has 3 aliphatic carbocycles. The van der Waals surface area contributed by atoms with E-state index in [2.05, 4.69) is 20.8 Å². The van der Waals surface area contributed by atoms with Gasteiger partial charge in [0.2, 0.25) is 0 Å². The monoisotopic (exact) mass is 182 g/mol. The summed E-state index contributed by atoms with van der Waals surface area (Å²) in [6, 6.07) is 0. The lowest BCUT2D eigenvalue weighted by atomic mass is 9.54. The molecule has 3 rings (SSSR count). The van der Waals surface area contributed by atoms with Crippen LogP contribution >= 0.6 is 0 Å². The van der Waals surface area contributed by atoms with E-state index in [0.29, 0.717) is 0 Å². The van der Waals surface area contributed by atoms with Crippen LogP contribution < -0.4 is 0 Å². The highest BCUT2D eigenvalue weighted by molar-refractivity contribution is 4.93. The second-order valence-electron chi connectivity index (χ2n) is 5.10. The molecule has 0 aromatic carbocycles. The lowest BCUT2D eigenvalue weighted by molar-refractivity contribution is -0.0119. The highest BCUT2D eigenvalue weighted by Gasteiger charge is 2.43. The molecule has 0 saturated heterocycles. The fraction of sp³-hybridized carbons (Fsp3) is 1.00. The molecule has 0 aromatic rings. The van der Waals surface area contributed by atoms with Crippen molar-refractivity contribution in [3.63, 3.8) is 0 Å². The maximum absolute atomic E-state index is 2.48. The van der Waals surface area contributed by atoms with Gasteiger partial charge in [0.05, 0.1) is 0 Å². The van der Waals surface area contributed by atoms with E-state index >= 15 is 0 Å². The van der Waals surface area contributed by atoms with Crippen LogP contribution in [0.15, 0.2) is 0 Å². The van der Waals surface area contributed by atoms with Crippen molar-refractivity contribution in [3.05, 3.63) is 0 Å². The zero-order valence-electron chi connectivity index (χ0n) is 10.0. The normalized spacial score (nSPS) is 42.0. The Morgan fingerprint density at radius 2 is 1.54 bits per heavy atom. The largest absolute Gasteiger partial charge is 0.0683 e. The Morgan fingerprint density at radius 3 is 1.85 bits per heavy atom. The Balaban J connectivity index is 0.000000396. The van der Waals surface area contributed by atoms with Crippen LogP contribution in [0.25, 0.3) is 0 Å². The highest BCUT2D eigenvalue weighted by atomic mass is 14.5. The molecule has 0 aliphatic heterocycles. The zero-order chi connectivity index (χ0) is 10.0. The Hall–Kier alpha value is 0. The SMILES string of the molecule is CC.CC(C)C1CC2CC(C2)C1C. The molecule has 0 nitrogen and oxygen atoms in total. The van der Waals surface area contributed by atoms with Gasteiger partial charge in [0, 0.05) is 0 Å². The molecule has 13 heavy (non-hydrogen) atoms. The van der Waals surface area contributed by atoms with Gasteiger partial charge in [0.1, 0.15) is 0 Å². The van der Waals surface area contributed by atoms with Crippen molar-refractivity contribution >= 4 is 0 Å². The maximum Gasteiger partial charge on any atom is -0.0360 e. The van der Waals surface area contributed by atoms with Crippen LogP contribution in [0, 0.1) is 29.6 Å². The van der Waals surface area contributed by atoms with Crippen LogP contribution in [0.3, 0.4) is 0 Å². The molecule has 2 bridgehead atoms. The molecule has 3 saturated carbocycles. The van der Waals surface area contributed by atoms with Crippen LogP contribution in [-0.4, -0.2) is 0 Å². The van der Waals surface area contributed by atoms with Crippen molar-refractivity contribution in [1.82, 2.24) is 0 Å². The van der Waals surface area contributed by atoms with Crippen molar-refractivity contribution in [1.29, 1.82) is 0 Å². The van der Waals surface area contributed by atoms with Gasteiger partial charge in [-0.2, -0.15) is 0 Å². The first-order valence-electron chi connectivity index (χ1n) is 6.18. The summed E-state index contributed by atoms with van der Waals surface area (Å²) in [5, 5.41) is 0. The zero-order valence-corrected chi connectivity index (χ0v) is 10.0. The minimum Gasteiger partial charge on any atom is -0.0683 e. The van der Waals surface area contributed by atoms with Gasteiger partial charge in [-0.1, -0.05) is 34.6 Å². The molecule has 3 aliphatic rings. The smallest absolute Gasteiger partial charge is 0.0360 e. The van der Waals surface area contributed by atoms with E-state index in [1.165, 1.54) is 6.42 Å². The van der Waals surface area contributed by atoms with Crippen molar-refractivity contribution < 1.29 is 0 Å². The molecule has 0 amide bonds. The number of hydrogen-bond donors (Lipinski definition) is 0. The van der Waals surface area contributed by atoms with E-state index in [1.54, 1.807) is 12.8 Å². The third-order valence-electron chi connectivity index (χ3n) is 4.15. The standard InChI is InChI=1S/C11H20.C2H6/c1-7(2)11-6-9-4-10(5-9)8(11)3;1-2/h7-11H,4-6H2,1-3H3;1-2H3. The molecular formula is C13H26. The Morgan fingerprint density at radius 1 is 1.00 bits per heavy atom. The quantitative estimate of drug-likeness (QED) is 0.565. The molecule has 78 valence electrons. The first-order valence-corrected chi connectivity index (χ1v) is 6.18. The number of rotatable bonds is 1. The van der Waals surface area contributed by atoms with Gasteiger partial charge in [-0.05, 0) is 48.9 Å². The van der Waals surface area contributed by atoms with E-state index in [9.17, 15) is 0 Å². The van der Waals surface area contributed by atoms with Gasteiger partial charge >= 0.3 is 0 Å². The summed E-state index contributed by atoms with van der Waals surface area (Å²) >= 11 is 0. The Labute approximate surface area is 84.1 Å². The second kappa shape index (κ2) is 4.48. The summed E-state index contributed by atoms with van der Waals surface area (Å²) in [7, 11) is 0. The third-order valence-corrected chi connectivity index (χ3v) is 4.15. The topological polar surface area (TPSA) is 0 Å². The molecule has 0 heteroatoms. The van der Waals surface area contributed by atoms with E-state index in [0.717, 1.165) is 29.6 Å². The van der Waals surface area contributed by atoms with E-state index in [1.807, 2.05) is 13.8 Å². The maximum atomic E-state index is 2.48. The van der Waals surface area contributed by atoms with Crippen LogP contribution in [0.4, 0.5) is 0 Å². The first-order chi connectivity index (χ1) is 6.18. The third kappa shape index (κ3) is 2.08. The van der Waals surface area contributed by atoms with Gasteiger partial charge in [-0.15, -0.1) is 0 Å². The van der Waals surface area contributed by atoms with Gasteiger partial charge in [0.15, 0.2) is 0 Å². The Bertz CT molecular complexity index is 142. The van der Waals surface area contributed by atoms with Crippen LogP contribution in [-0.2, 0) is 0 Å². The molecule has 0 radical (unpaired) electrons. The lowest BCUT2D eigenvalue weighted by Crippen LogP contribution is -2.42. The predicted molar refractivity (Wildman–Crippen MR) is 59.7 cm³/mol. The highest BCUT2D eigenvalue weighted by Crippen LogP contribution is 2.53. The summed E-state index contributed by atoms with van der Waals surface area (Å²) in [6.45, 7) is 11.3. The fourth-order valence-corrected chi connectivity index (χ4v) is 3.24. The molecule has 2 unspecified atom stereocenters. The summed E-state index contributed by atoms with van der Waals surface area (Å²) in [5.41, 5.74) is 0. The summed E-state index contributed by atoms with van der Waals surface area (Å²) in [4.78, 5) is 0. The van der Waals surface area contributed by atoms with Crippen molar-refractivity contribution in [3.8, 4) is 0 Å². The van der Waals surface area contributed by atoms with E-state index < -0.39 is 0 Å². The minimum absolute atomic E-state index is 0.926. The van der Waals surface area contributed by atoms with Crippen molar-refractivity contribution in [2.45, 2.75) is 53.9 Å². The molecule has 0 spiro atoms. The second-order valence-corrected chi connectivity index (χ2v) is 5.10.